The minimum Gasteiger partial charge on any atom is -0.367 e. The highest BCUT2D eigenvalue weighted by Crippen LogP contribution is 2.27. The zero-order valence-corrected chi connectivity index (χ0v) is 13.1. The minimum absolute atomic E-state index is 0.0689. The van der Waals surface area contributed by atoms with Crippen LogP contribution in [0.25, 0.3) is 10.8 Å². The van der Waals surface area contributed by atoms with Crippen molar-refractivity contribution in [2.24, 2.45) is 0 Å². The zero-order chi connectivity index (χ0) is 15.4. The minimum atomic E-state index is 0.0689. The summed E-state index contributed by atoms with van der Waals surface area (Å²) < 4.78 is 0. The van der Waals surface area contributed by atoms with Crippen LogP contribution < -0.4 is 10.2 Å². The Morgan fingerprint density at radius 2 is 1.77 bits per heavy atom. The van der Waals surface area contributed by atoms with Gasteiger partial charge in [-0.25, -0.2) is 4.79 Å². The Morgan fingerprint density at radius 1 is 1.05 bits per heavy atom. The summed E-state index contributed by atoms with van der Waals surface area (Å²) in [6, 6.07) is 15.0. The standard InChI is InChI=1S/C18H23N3O/c1-2-10-19-18(22)21-13-11-20(12-14-21)17-9-5-7-15-6-3-4-8-16(15)17/h3-9H,2,10-14H2,1H3,(H,19,22). The first kappa shape index (κ1) is 14.7. The lowest BCUT2D eigenvalue weighted by Crippen LogP contribution is -2.52. The number of piperazine rings is 1. The quantitative estimate of drug-likeness (QED) is 0.945. The summed E-state index contributed by atoms with van der Waals surface area (Å²) in [5.74, 6) is 0. The van der Waals surface area contributed by atoms with Crippen molar-refractivity contribution in [3.63, 3.8) is 0 Å². The van der Waals surface area contributed by atoms with Gasteiger partial charge in [-0.2, -0.15) is 0 Å². The monoisotopic (exact) mass is 297 g/mol. The van der Waals surface area contributed by atoms with Crippen molar-refractivity contribution < 1.29 is 4.79 Å². The second-order valence-electron chi connectivity index (χ2n) is 5.70. The largest absolute Gasteiger partial charge is 0.367 e. The number of anilines is 1. The van der Waals surface area contributed by atoms with Gasteiger partial charge in [0.05, 0.1) is 0 Å². The van der Waals surface area contributed by atoms with Crippen LogP contribution >= 0.6 is 0 Å². The van der Waals surface area contributed by atoms with Gasteiger partial charge in [0.2, 0.25) is 0 Å². The predicted octanol–water partition coefficient (Wildman–Crippen LogP) is 3.08. The molecule has 0 aromatic heterocycles. The van der Waals surface area contributed by atoms with E-state index >= 15 is 0 Å². The summed E-state index contributed by atoms with van der Waals surface area (Å²) in [6.07, 6.45) is 0.974. The van der Waals surface area contributed by atoms with E-state index in [1.165, 1.54) is 16.5 Å². The molecule has 3 rings (SSSR count). The highest BCUT2D eigenvalue weighted by molar-refractivity contribution is 5.94. The van der Waals surface area contributed by atoms with Crippen molar-refractivity contribution >= 4 is 22.5 Å². The number of amides is 2. The maximum Gasteiger partial charge on any atom is 0.317 e. The maximum absolute atomic E-state index is 12.0. The number of fused-ring (bicyclic) bond motifs is 1. The summed E-state index contributed by atoms with van der Waals surface area (Å²) in [5, 5.41) is 5.51. The fourth-order valence-corrected chi connectivity index (χ4v) is 2.98. The summed E-state index contributed by atoms with van der Waals surface area (Å²) in [7, 11) is 0. The highest BCUT2D eigenvalue weighted by Gasteiger charge is 2.21. The fraction of sp³-hybridized carbons (Fsp3) is 0.389. The van der Waals surface area contributed by atoms with E-state index < -0.39 is 0 Å². The molecule has 2 amide bonds. The lowest BCUT2D eigenvalue weighted by Gasteiger charge is -2.36. The molecule has 0 atom stereocenters. The van der Waals surface area contributed by atoms with Gasteiger partial charge in [0.15, 0.2) is 0 Å². The van der Waals surface area contributed by atoms with Crippen LogP contribution in [0, 0.1) is 0 Å². The van der Waals surface area contributed by atoms with Gasteiger partial charge in [0.25, 0.3) is 0 Å². The average Bonchev–Trinajstić information content (AvgIpc) is 2.59. The van der Waals surface area contributed by atoms with Gasteiger partial charge in [-0.05, 0) is 17.9 Å². The Labute approximate surface area is 131 Å². The molecule has 0 saturated carbocycles. The van der Waals surface area contributed by atoms with Gasteiger partial charge in [-0.3, -0.25) is 0 Å². The van der Waals surface area contributed by atoms with E-state index in [9.17, 15) is 4.79 Å². The van der Waals surface area contributed by atoms with Crippen molar-refractivity contribution in [2.45, 2.75) is 13.3 Å². The van der Waals surface area contributed by atoms with Crippen molar-refractivity contribution in [3.8, 4) is 0 Å². The molecule has 4 heteroatoms. The summed E-state index contributed by atoms with van der Waals surface area (Å²) in [4.78, 5) is 16.3. The number of carbonyl (C=O) groups excluding carboxylic acids is 1. The third kappa shape index (κ3) is 3.01. The molecule has 0 spiro atoms. The first-order valence-corrected chi connectivity index (χ1v) is 8.05. The van der Waals surface area contributed by atoms with Crippen LogP contribution in [0.15, 0.2) is 42.5 Å². The molecule has 1 fully saturated rings. The molecule has 1 saturated heterocycles. The number of rotatable bonds is 3. The van der Waals surface area contributed by atoms with Crippen molar-refractivity contribution in [1.82, 2.24) is 10.2 Å². The molecule has 0 unspecified atom stereocenters. The molecule has 1 heterocycles. The van der Waals surface area contributed by atoms with E-state index in [0.29, 0.717) is 0 Å². The van der Waals surface area contributed by atoms with Crippen LogP contribution in [0.3, 0.4) is 0 Å². The van der Waals surface area contributed by atoms with Crippen LogP contribution in [0.4, 0.5) is 10.5 Å². The fourth-order valence-electron chi connectivity index (χ4n) is 2.98. The molecule has 2 aromatic carbocycles. The second-order valence-corrected chi connectivity index (χ2v) is 5.70. The molecule has 0 bridgehead atoms. The van der Waals surface area contributed by atoms with E-state index in [1.54, 1.807) is 0 Å². The topological polar surface area (TPSA) is 35.6 Å². The van der Waals surface area contributed by atoms with Crippen LogP contribution in [0.2, 0.25) is 0 Å². The lowest BCUT2D eigenvalue weighted by molar-refractivity contribution is 0.194. The van der Waals surface area contributed by atoms with Crippen LogP contribution in [0.1, 0.15) is 13.3 Å². The number of hydrogen-bond acceptors (Lipinski definition) is 2. The Morgan fingerprint density at radius 3 is 2.55 bits per heavy atom. The van der Waals surface area contributed by atoms with Gasteiger partial charge in [0.1, 0.15) is 0 Å². The Kier molecular flexibility index (Phi) is 4.47. The molecule has 1 N–H and O–H groups in total. The molecule has 2 aromatic rings. The van der Waals surface area contributed by atoms with E-state index in [4.69, 9.17) is 0 Å². The Bertz CT molecular complexity index is 642. The van der Waals surface area contributed by atoms with E-state index in [1.807, 2.05) is 4.90 Å². The normalized spacial score (nSPS) is 15.1. The highest BCUT2D eigenvalue weighted by atomic mass is 16.2. The first-order valence-electron chi connectivity index (χ1n) is 8.05. The third-order valence-corrected chi connectivity index (χ3v) is 4.20. The number of nitrogens with zero attached hydrogens (tertiary/aromatic N) is 2. The number of carbonyl (C=O) groups is 1. The maximum atomic E-state index is 12.0. The van der Waals surface area contributed by atoms with Crippen LogP contribution in [-0.4, -0.2) is 43.7 Å². The molecule has 116 valence electrons. The van der Waals surface area contributed by atoms with Gasteiger partial charge < -0.3 is 15.1 Å². The molecular weight excluding hydrogens is 274 g/mol. The molecule has 22 heavy (non-hydrogen) atoms. The summed E-state index contributed by atoms with van der Waals surface area (Å²) in [6.45, 7) is 6.14. The van der Waals surface area contributed by atoms with E-state index in [-0.39, 0.29) is 6.03 Å². The first-order chi connectivity index (χ1) is 10.8. The summed E-state index contributed by atoms with van der Waals surface area (Å²) >= 11 is 0. The van der Waals surface area contributed by atoms with Crippen LogP contribution in [0.5, 0.6) is 0 Å². The number of benzene rings is 2. The SMILES string of the molecule is CCCNC(=O)N1CCN(c2cccc3ccccc23)CC1. The van der Waals surface area contributed by atoms with Crippen molar-refractivity contribution in [3.05, 3.63) is 42.5 Å². The zero-order valence-electron chi connectivity index (χ0n) is 13.1. The molecule has 1 aliphatic heterocycles. The van der Waals surface area contributed by atoms with E-state index in [2.05, 4.69) is 59.6 Å². The van der Waals surface area contributed by atoms with Gasteiger partial charge >= 0.3 is 6.03 Å². The van der Waals surface area contributed by atoms with Gasteiger partial charge in [0, 0.05) is 43.8 Å². The molecule has 1 aliphatic rings. The Balaban J connectivity index is 1.69. The second kappa shape index (κ2) is 6.69. The summed E-state index contributed by atoms with van der Waals surface area (Å²) in [5.41, 5.74) is 1.27. The predicted molar refractivity (Wildman–Crippen MR) is 91.4 cm³/mol. The van der Waals surface area contributed by atoms with E-state index in [0.717, 1.165) is 39.1 Å². The average molecular weight is 297 g/mol. The molecule has 0 aliphatic carbocycles. The van der Waals surface area contributed by atoms with Gasteiger partial charge in [-0.15, -0.1) is 0 Å². The molecular formula is C18H23N3O. The smallest absolute Gasteiger partial charge is 0.317 e. The lowest BCUT2D eigenvalue weighted by atomic mass is 10.1. The molecule has 4 nitrogen and oxygen atoms in total. The number of nitrogens with one attached hydrogen (secondary N) is 1. The van der Waals surface area contributed by atoms with Crippen LogP contribution in [-0.2, 0) is 0 Å². The third-order valence-electron chi connectivity index (χ3n) is 4.20. The van der Waals surface area contributed by atoms with Gasteiger partial charge in [-0.1, -0.05) is 43.3 Å². The number of urea groups is 1. The van der Waals surface area contributed by atoms with Crippen molar-refractivity contribution in [2.75, 3.05) is 37.6 Å². The number of hydrogen-bond donors (Lipinski definition) is 1. The van der Waals surface area contributed by atoms with Crippen molar-refractivity contribution in [1.29, 1.82) is 0 Å². The Hall–Kier alpha value is -2.23. The molecule has 0 radical (unpaired) electrons.